The molecule has 0 radical (unpaired) electrons. The summed E-state index contributed by atoms with van der Waals surface area (Å²) in [5, 5.41) is 0. The Labute approximate surface area is 119 Å². The van der Waals surface area contributed by atoms with E-state index in [4.69, 9.17) is 0 Å². The maximum atomic E-state index is 2.32. The number of aromatic nitrogens is 2. The van der Waals surface area contributed by atoms with Gasteiger partial charge in [-0.1, -0.05) is 45.4 Å². The highest BCUT2D eigenvalue weighted by atomic mass is 15.1. The van der Waals surface area contributed by atoms with Gasteiger partial charge in [0.1, 0.15) is 17.9 Å². The molecule has 0 atom stereocenters. The maximum Gasteiger partial charge on any atom is 0.244 e. The number of rotatable bonds is 9. The van der Waals surface area contributed by atoms with Crippen LogP contribution < -0.4 is 4.57 Å². The first-order valence-electron chi connectivity index (χ1n) is 8.11. The Morgan fingerprint density at radius 1 is 0.895 bits per heavy atom. The SMILES string of the molecule is CCCCCCCCCC[n+]1ccn(C(C)(C)C)c1. The summed E-state index contributed by atoms with van der Waals surface area (Å²) in [6.45, 7) is 10.2. The fourth-order valence-electron chi connectivity index (χ4n) is 2.35. The Morgan fingerprint density at radius 2 is 1.47 bits per heavy atom. The van der Waals surface area contributed by atoms with Gasteiger partial charge in [-0.05, 0) is 33.6 Å². The van der Waals surface area contributed by atoms with E-state index in [0.717, 1.165) is 6.54 Å². The highest BCUT2D eigenvalue weighted by molar-refractivity contribution is 4.78. The van der Waals surface area contributed by atoms with E-state index in [9.17, 15) is 0 Å². The van der Waals surface area contributed by atoms with E-state index in [1.54, 1.807) is 0 Å². The fourth-order valence-corrected chi connectivity index (χ4v) is 2.35. The number of imidazole rings is 1. The standard InChI is InChI=1S/C17H33N2/c1-5-6-7-8-9-10-11-12-13-18-14-15-19(16-18)17(2,3)4/h14-16H,5-13H2,1-4H3/q+1. The molecule has 0 aliphatic rings. The molecule has 1 aromatic heterocycles. The van der Waals surface area contributed by atoms with Crippen molar-refractivity contribution in [3.05, 3.63) is 18.7 Å². The Bertz CT molecular complexity index is 333. The van der Waals surface area contributed by atoms with Crippen LogP contribution >= 0.6 is 0 Å². The molecule has 0 bridgehead atoms. The summed E-state index contributed by atoms with van der Waals surface area (Å²) in [6.07, 6.45) is 17.8. The number of aryl methyl sites for hydroxylation is 1. The van der Waals surface area contributed by atoms with Crippen LogP contribution in [-0.2, 0) is 12.1 Å². The zero-order valence-electron chi connectivity index (χ0n) is 13.5. The van der Waals surface area contributed by atoms with Crippen LogP contribution in [0.4, 0.5) is 0 Å². The first-order chi connectivity index (χ1) is 9.04. The predicted octanol–water partition coefficient (Wildman–Crippen LogP) is 4.67. The lowest BCUT2D eigenvalue weighted by Crippen LogP contribution is -2.32. The molecule has 2 heteroatoms. The largest absolute Gasteiger partial charge is 0.244 e. The Balaban J connectivity index is 2.08. The van der Waals surface area contributed by atoms with Crippen LogP contribution in [-0.4, -0.2) is 4.57 Å². The van der Waals surface area contributed by atoms with Crippen LogP contribution in [0.3, 0.4) is 0 Å². The third-order valence-corrected chi connectivity index (χ3v) is 3.74. The molecular weight excluding hydrogens is 232 g/mol. The highest BCUT2D eigenvalue weighted by Crippen LogP contribution is 2.11. The highest BCUT2D eigenvalue weighted by Gasteiger charge is 2.18. The van der Waals surface area contributed by atoms with Crippen molar-refractivity contribution in [2.45, 2.75) is 91.1 Å². The van der Waals surface area contributed by atoms with Crippen LogP contribution in [0.1, 0.15) is 79.1 Å². The molecule has 1 aromatic rings. The lowest BCUT2D eigenvalue weighted by molar-refractivity contribution is -0.697. The molecule has 19 heavy (non-hydrogen) atoms. The van der Waals surface area contributed by atoms with Crippen molar-refractivity contribution in [1.29, 1.82) is 0 Å². The molecule has 2 nitrogen and oxygen atoms in total. The quantitative estimate of drug-likeness (QED) is 0.453. The Kier molecular flexibility index (Phi) is 7.19. The van der Waals surface area contributed by atoms with E-state index in [-0.39, 0.29) is 5.54 Å². The summed E-state index contributed by atoms with van der Waals surface area (Å²) in [4.78, 5) is 0. The molecule has 0 unspecified atom stereocenters. The van der Waals surface area contributed by atoms with Crippen LogP contribution in [0, 0.1) is 0 Å². The normalized spacial score (nSPS) is 12.0. The van der Waals surface area contributed by atoms with Gasteiger partial charge >= 0.3 is 0 Å². The second-order valence-corrected chi connectivity index (χ2v) is 6.70. The third-order valence-electron chi connectivity index (χ3n) is 3.74. The number of hydrogen-bond donors (Lipinski definition) is 0. The summed E-state index contributed by atoms with van der Waals surface area (Å²) in [6, 6.07) is 0. The van der Waals surface area contributed by atoms with Crippen molar-refractivity contribution >= 4 is 0 Å². The van der Waals surface area contributed by atoms with E-state index in [1.165, 1.54) is 51.4 Å². The zero-order valence-corrected chi connectivity index (χ0v) is 13.5. The molecule has 0 amide bonds. The Hall–Kier alpha value is -0.790. The van der Waals surface area contributed by atoms with Gasteiger partial charge < -0.3 is 0 Å². The van der Waals surface area contributed by atoms with Crippen molar-refractivity contribution in [3.8, 4) is 0 Å². The van der Waals surface area contributed by atoms with Crippen LogP contribution in [0.5, 0.6) is 0 Å². The minimum absolute atomic E-state index is 0.199. The second kappa shape index (κ2) is 8.39. The average molecular weight is 265 g/mol. The van der Waals surface area contributed by atoms with Gasteiger partial charge in [0.2, 0.25) is 6.33 Å². The van der Waals surface area contributed by atoms with Gasteiger partial charge in [0.05, 0.1) is 6.54 Å². The molecule has 0 spiro atoms. The van der Waals surface area contributed by atoms with Crippen LogP contribution in [0.2, 0.25) is 0 Å². The minimum atomic E-state index is 0.199. The molecule has 0 saturated heterocycles. The van der Waals surface area contributed by atoms with Gasteiger partial charge in [-0.3, -0.25) is 0 Å². The van der Waals surface area contributed by atoms with Crippen LogP contribution in [0.15, 0.2) is 18.7 Å². The van der Waals surface area contributed by atoms with Crippen molar-refractivity contribution < 1.29 is 4.57 Å². The van der Waals surface area contributed by atoms with Crippen molar-refractivity contribution in [2.75, 3.05) is 0 Å². The van der Waals surface area contributed by atoms with E-state index >= 15 is 0 Å². The summed E-state index contributed by atoms with van der Waals surface area (Å²) in [5.74, 6) is 0. The van der Waals surface area contributed by atoms with Crippen molar-refractivity contribution in [2.24, 2.45) is 0 Å². The van der Waals surface area contributed by atoms with Gasteiger partial charge in [-0.25, -0.2) is 9.13 Å². The molecule has 0 aliphatic carbocycles. The molecule has 0 aliphatic heterocycles. The van der Waals surface area contributed by atoms with Gasteiger partial charge in [0.15, 0.2) is 0 Å². The molecule has 0 aromatic carbocycles. The first-order valence-corrected chi connectivity index (χ1v) is 8.11. The molecule has 1 heterocycles. The molecule has 1 rings (SSSR count). The molecule has 0 fully saturated rings. The number of hydrogen-bond acceptors (Lipinski definition) is 0. The molecule has 110 valence electrons. The molecular formula is C17H33N2+. The first kappa shape index (κ1) is 16.3. The number of nitrogens with zero attached hydrogens (tertiary/aromatic N) is 2. The van der Waals surface area contributed by atoms with Gasteiger partial charge in [-0.15, -0.1) is 0 Å². The minimum Gasteiger partial charge on any atom is -0.237 e. The smallest absolute Gasteiger partial charge is 0.237 e. The van der Waals surface area contributed by atoms with Gasteiger partial charge in [0, 0.05) is 0 Å². The maximum absolute atomic E-state index is 2.32. The average Bonchev–Trinajstić information content (AvgIpc) is 2.81. The zero-order chi connectivity index (χ0) is 14.1. The summed E-state index contributed by atoms with van der Waals surface area (Å²) in [7, 11) is 0. The summed E-state index contributed by atoms with van der Waals surface area (Å²) < 4.78 is 4.61. The third kappa shape index (κ3) is 6.79. The predicted molar refractivity (Wildman–Crippen MR) is 82.2 cm³/mol. The Morgan fingerprint density at radius 3 is 2.00 bits per heavy atom. The van der Waals surface area contributed by atoms with Crippen LogP contribution in [0.25, 0.3) is 0 Å². The summed E-state index contributed by atoms with van der Waals surface area (Å²) in [5.41, 5.74) is 0.199. The van der Waals surface area contributed by atoms with E-state index in [2.05, 4.69) is 55.6 Å². The van der Waals surface area contributed by atoms with Crippen molar-refractivity contribution in [1.82, 2.24) is 4.57 Å². The summed E-state index contributed by atoms with van der Waals surface area (Å²) >= 11 is 0. The van der Waals surface area contributed by atoms with Crippen molar-refractivity contribution in [3.63, 3.8) is 0 Å². The molecule has 0 saturated carbocycles. The lowest BCUT2D eigenvalue weighted by atomic mass is 10.1. The fraction of sp³-hybridized carbons (Fsp3) is 0.824. The molecule has 0 N–H and O–H groups in total. The monoisotopic (exact) mass is 265 g/mol. The lowest BCUT2D eigenvalue weighted by Gasteiger charge is -2.13. The topological polar surface area (TPSA) is 8.81 Å². The van der Waals surface area contributed by atoms with Gasteiger partial charge in [-0.2, -0.15) is 0 Å². The second-order valence-electron chi connectivity index (χ2n) is 6.70. The van der Waals surface area contributed by atoms with E-state index in [1.807, 2.05) is 0 Å². The number of unbranched alkanes of at least 4 members (excludes halogenated alkanes) is 7. The van der Waals surface area contributed by atoms with E-state index in [0.29, 0.717) is 0 Å². The van der Waals surface area contributed by atoms with E-state index < -0.39 is 0 Å². The van der Waals surface area contributed by atoms with Gasteiger partial charge in [0.25, 0.3) is 0 Å².